The van der Waals surface area contributed by atoms with E-state index in [-0.39, 0.29) is 6.10 Å². The lowest BCUT2D eigenvalue weighted by molar-refractivity contribution is 0.232. The topological polar surface area (TPSA) is 50.3 Å². The molecule has 0 atom stereocenters. The Balaban J connectivity index is 2.43. The first-order valence-corrected chi connectivity index (χ1v) is 6.03. The Labute approximate surface area is 103 Å². The number of ether oxygens (including phenoxy) is 1. The van der Waals surface area contributed by atoms with Crippen LogP contribution in [0.4, 0.5) is 5.82 Å². The van der Waals surface area contributed by atoms with Gasteiger partial charge in [-0.15, -0.1) is 0 Å². The van der Waals surface area contributed by atoms with Gasteiger partial charge >= 0.3 is 0 Å². The number of hydrogen-bond donors (Lipinski definition) is 1. The molecule has 1 aromatic rings. The van der Waals surface area contributed by atoms with E-state index in [9.17, 15) is 0 Å². The van der Waals surface area contributed by atoms with E-state index >= 15 is 0 Å². The van der Waals surface area contributed by atoms with Crippen LogP contribution in [0, 0.1) is 0 Å². The predicted octanol–water partition coefficient (Wildman–Crippen LogP) is 1.63. The van der Waals surface area contributed by atoms with E-state index in [4.69, 9.17) is 4.74 Å². The summed E-state index contributed by atoms with van der Waals surface area (Å²) in [4.78, 5) is 10.4. The minimum atomic E-state index is 0.129. The summed E-state index contributed by atoms with van der Waals surface area (Å²) in [6.07, 6.45) is 1.65. The molecule has 5 heteroatoms. The van der Waals surface area contributed by atoms with Gasteiger partial charge in [-0.2, -0.15) is 0 Å². The Morgan fingerprint density at radius 3 is 2.82 bits per heavy atom. The molecule has 17 heavy (non-hydrogen) atoms. The highest BCUT2D eigenvalue weighted by molar-refractivity contribution is 5.36. The average Bonchev–Trinajstić information content (AvgIpc) is 2.28. The molecule has 0 saturated carbocycles. The van der Waals surface area contributed by atoms with Crippen molar-refractivity contribution in [2.45, 2.75) is 26.9 Å². The van der Waals surface area contributed by atoms with Crippen LogP contribution in [0.2, 0.25) is 0 Å². The van der Waals surface area contributed by atoms with Gasteiger partial charge in [0.1, 0.15) is 12.1 Å². The van der Waals surface area contributed by atoms with Gasteiger partial charge < -0.3 is 15.0 Å². The maximum atomic E-state index is 5.50. The van der Waals surface area contributed by atoms with E-state index in [1.54, 1.807) is 0 Å². The number of nitrogens with one attached hydrogen (secondary N) is 1. The van der Waals surface area contributed by atoms with Crippen molar-refractivity contribution >= 4 is 5.82 Å². The van der Waals surface area contributed by atoms with Crippen molar-refractivity contribution in [1.29, 1.82) is 0 Å². The second kappa shape index (κ2) is 7.06. The Morgan fingerprint density at radius 2 is 2.18 bits per heavy atom. The molecule has 5 nitrogen and oxygen atoms in total. The minimum Gasteiger partial charge on any atom is -0.475 e. The lowest BCUT2D eigenvalue weighted by Gasteiger charge is -2.14. The summed E-state index contributed by atoms with van der Waals surface area (Å²) in [5, 5.41) is 3.25. The maximum absolute atomic E-state index is 5.50. The van der Waals surface area contributed by atoms with Crippen LogP contribution in [0.25, 0.3) is 0 Å². The van der Waals surface area contributed by atoms with E-state index in [0.29, 0.717) is 5.88 Å². The molecule has 0 aliphatic carbocycles. The molecule has 0 aliphatic heterocycles. The van der Waals surface area contributed by atoms with Crippen molar-refractivity contribution in [2.75, 3.05) is 32.0 Å². The minimum absolute atomic E-state index is 0.129. The zero-order valence-electron chi connectivity index (χ0n) is 11.1. The Kier molecular flexibility index (Phi) is 5.69. The number of rotatable bonds is 7. The highest BCUT2D eigenvalue weighted by Gasteiger charge is 2.02. The van der Waals surface area contributed by atoms with Crippen LogP contribution >= 0.6 is 0 Å². The van der Waals surface area contributed by atoms with Crippen LogP contribution < -0.4 is 10.1 Å². The van der Waals surface area contributed by atoms with E-state index in [1.165, 1.54) is 6.33 Å². The molecule has 0 unspecified atom stereocenters. The molecule has 0 aromatic carbocycles. The fraction of sp³-hybridized carbons (Fsp3) is 0.667. The second-order valence-corrected chi connectivity index (χ2v) is 4.23. The normalized spacial score (nSPS) is 10.9. The van der Waals surface area contributed by atoms with Crippen LogP contribution in [-0.2, 0) is 0 Å². The van der Waals surface area contributed by atoms with Crippen LogP contribution in [-0.4, -0.2) is 47.7 Å². The van der Waals surface area contributed by atoms with Gasteiger partial charge in [-0.1, -0.05) is 6.92 Å². The summed E-state index contributed by atoms with van der Waals surface area (Å²) < 4.78 is 5.50. The predicted molar refractivity (Wildman–Crippen MR) is 69.5 cm³/mol. The van der Waals surface area contributed by atoms with Gasteiger partial charge in [0, 0.05) is 19.2 Å². The molecular formula is C12H22N4O. The molecule has 0 amide bonds. The fourth-order valence-corrected chi connectivity index (χ4v) is 1.28. The average molecular weight is 238 g/mol. The summed E-state index contributed by atoms with van der Waals surface area (Å²) >= 11 is 0. The number of aromatic nitrogens is 2. The molecule has 96 valence electrons. The number of nitrogens with zero attached hydrogens (tertiary/aromatic N) is 3. The third-order valence-corrected chi connectivity index (χ3v) is 2.34. The zero-order valence-corrected chi connectivity index (χ0v) is 11.1. The number of anilines is 1. The maximum Gasteiger partial charge on any atom is 0.218 e. The molecule has 0 spiro atoms. The third-order valence-electron chi connectivity index (χ3n) is 2.34. The summed E-state index contributed by atoms with van der Waals surface area (Å²) in [6, 6.07) is 1.83. The Hall–Kier alpha value is -1.36. The van der Waals surface area contributed by atoms with Crippen LogP contribution in [0.15, 0.2) is 12.4 Å². The standard InChI is InChI=1S/C12H22N4O/c1-5-16(4)7-6-13-11-8-12(15-9-14-11)17-10(2)3/h8-10H,5-7H2,1-4H3,(H,13,14,15). The van der Waals surface area contributed by atoms with Gasteiger partial charge in [-0.3, -0.25) is 0 Å². The Morgan fingerprint density at radius 1 is 1.41 bits per heavy atom. The SMILES string of the molecule is CCN(C)CCNc1cc(OC(C)C)ncn1. The first kappa shape index (κ1) is 13.7. The van der Waals surface area contributed by atoms with Crippen LogP contribution in [0.3, 0.4) is 0 Å². The molecule has 1 heterocycles. The zero-order chi connectivity index (χ0) is 12.7. The van der Waals surface area contributed by atoms with Gasteiger partial charge in [0.05, 0.1) is 6.10 Å². The quantitative estimate of drug-likeness (QED) is 0.782. The third kappa shape index (κ3) is 5.49. The van der Waals surface area contributed by atoms with Crippen molar-refractivity contribution in [2.24, 2.45) is 0 Å². The Bertz CT molecular complexity index is 330. The highest BCUT2D eigenvalue weighted by atomic mass is 16.5. The van der Waals surface area contributed by atoms with Gasteiger partial charge in [0.2, 0.25) is 5.88 Å². The molecule has 0 radical (unpaired) electrons. The van der Waals surface area contributed by atoms with Crippen LogP contribution in [0.5, 0.6) is 5.88 Å². The number of hydrogen-bond acceptors (Lipinski definition) is 5. The van der Waals surface area contributed by atoms with Crippen molar-refractivity contribution in [3.05, 3.63) is 12.4 Å². The second-order valence-electron chi connectivity index (χ2n) is 4.23. The molecule has 1 rings (SSSR count). The van der Waals surface area contributed by atoms with Crippen molar-refractivity contribution < 1.29 is 4.74 Å². The molecule has 0 saturated heterocycles. The summed E-state index contributed by atoms with van der Waals surface area (Å²) in [6.45, 7) is 8.99. The van der Waals surface area contributed by atoms with Gasteiger partial charge in [0.25, 0.3) is 0 Å². The van der Waals surface area contributed by atoms with E-state index in [1.807, 2.05) is 19.9 Å². The molecule has 0 fully saturated rings. The largest absolute Gasteiger partial charge is 0.475 e. The molecule has 1 aromatic heterocycles. The first-order chi connectivity index (χ1) is 8.11. The van der Waals surface area contributed by atoms with Crippen molar-refractivity contribution in [3.63, 3.8) is 0 Å². The van der Waals surface area contributed by atoms with Crippen molar-refractivity contribution in [3.8, 4) is 5.88 Å². The summed E-state index contributed by atoms with van der Waals surface area (Å²) in [7, 11) is 2.09. The van der Waals surface area contributed by atoms with Gasteiger partial charge in [-0.25, -0.2) is 9.97 Å². The van der Waals surface area contributed by atoms with Crippen molar-refractivity contribution in [1.82, 2.24) is 14.9 Å². The number of likely N-dealkylation sites (N-methyl/N-ethyl adjacent to an activating group) is 1. The molecule has 0 bridgehead atoms. The molecular weight excluding hydrogens is 216 g/mol. The van der Waals surface area contributed by atoms with E-state index in [2.05, 4.69) is 34.2 Å². The molecule has 0 aliphatic rings. The summed E-state index contributed by atoms with van der Waals surface area (Å²) in [5.74, 6) is 1.42. The van der Waals surface area contributed by atoms with Gasteiger partial charge in [-0.05, 0) is 27.4 Å². The van der Waals surface area contributed by atoms with Gasteiger partial charge in [0.15, 0.2) is 0 Å². The fourth-order valence-electron chi connectivity index (χ4n) is 1.28. The van der Waals surface area contributed by atoms with E-state index in [0.717, 1.165) is 25.5 Å². The monoisotopic (exact) mass is 238 g/mol. The smallest absolute Gasteiger partial charge is 0.218 e. The summed E-state index contributed by atoms with van der Waals surface area (Å²) in [5.41, 5.74) is 0. The first-order valence-electron chi connectivity index (χ1n) is 6.03. The lowest BCUT2D eigenvalue weighted by Crippen LogP contribution is -2.24. The molecule has 1 N–H and O–H groups in total. The lowest BCUT2D eigenvalue weighted by atomic mass is 10.4. The highest BCUT2D eigenvalue weighted by Crippen LogP contribution is 2.12. The van der Waals surface area contributed by atoms with Crippen LogP contribution in [0.1, 0.15) is 20.8 Å². The van der Waals surface area contributed by atoms with E-state index < -0.39 is 0 Å².